The number of hydrogen-bond acceptors (Lipinski definition) is 4. The first-order valence-electron chi connectivity index (χ1n) is 7.92. The molecule has 0 saturated heterocycles. The lowest BCUT2D eigenvalue weighted by Gasteiger charge is -2.07. The number of thioether (sulfide) groups is 1. The first-order valence-corrected chi connectivity index (χ1v) is 8.73. The highest BCUT2D eigenvalue weighted by molar-refractivity contribution is 8.18. The zero-order valence-corrected chi connectivity index (χ0v) is 15.0. The number of benzene rings is 2. The van der Waals surface area contributed by atoms with E-state index in [2.05, 4.69) is 10.3 Å². The zero-order valence-electron chi connectivity index (χ0n) is 14.2. The summed E-state index contributed by atoms with van der Waals surface area (Å²) in [6.45, 7) is 0.462. The van der Waals surface area contributed by atoms with Crippen LogP contribution in [0.2, 0.25) is 0 Å². The lowest BCUT2D eigenvalue weighted by Crippen LogP contribution is -2.18. The van der Waals surface area contributed by atoms with Gasteiger partial charge in [-0.3, -0.25) is 4.79 Å². The first-order chi connectivity index (χ1) is 12.8. The van der Waals surface area contributed by atoms with Gasteiger partial charge in [-0.05, 0) is 53.2 Å². The number of nitrogens with one attached hydrogen (secondary N) is 1. The number of alkyl halides is 3. The Morgan fingerprint density at radius 3 is 2.59 bits per heavy atom. The van der Waals surface area contributed by atoms with Crippen molar-refractivity contribution in [1.29, 1.82) is 0 Å². The molecule has 0 bridgehead atoms. The van der Waals surface area contributed by atoms with Crippen molar-refractivity contribution in [3.63, 3.8) is 0 Å². The molecule has 2 aromatic carbocycles. The maximum absolute atomic E-state index is 12.6. The van der Waals surface area contributed by atoms with Crippen molar-refractivity contribution >= 4 is 28.9 Å². The minimum Gasteiger partial charge on any atom is -0.497 e. The van der Waals surface area contributed by atoms with E-state index in [9.17, 15) is 18.0 Å². The lowest BCUT2D eigenvalue weighted by atomic mass is 10.1. The van der Waals surface area contributed by atoms with Crippen molar-refractivity contribution in [2.75, 3.05) is 7.11 Å². The molecule has 0 spiro atoms. The van der Waals surface area contributed by atoms with Crippen LogP contribution in [0.15, 0.2) is 58.4 Å². The van der Waals surface area contributed by atoms with E-state index >= 15 is 0 Å². The third kappa shape index (κ3) is 4.91. The Morgan fingerprint density at radius 2 is 1.93 bits per heavy atom. The molecule has 2 aromatic rings. The molecule has 1 aliphatic rings. The maximum Gasteiger partial charge on any atom is 0.416 e. The van der Waals surface area contributed by atoms with Gasteiger partial charge in [0.25, 0.3) is 5.91 Å². The van der Waals surface area contributed by atoms with Crippen molar-refractivity contribution in [3.05, 3.63) is 70.1 Å². The second-order valence-electron chi connectivity index (χ2n) is 5.66. The largest absolute Gasteiger partial charge is 0.497 e. The molecule has 3 rings (SSSR count). The fraction of sp³-hybridized carbons (Fsp3) is 0.158. The monoisotopic (exact) mass is 392 g/mol. The number of amidine groups is 1. The summed E-state index contributed by atoms with van der Waals surface area (Å²) in [5.41, 5.74) is 0.736. The average molecular weight is 392 g/mol. The van der Waals surface area contributed by atoms with Gasteiger partial charge in [0, 0.05) is 6.54 Å². The number of rotatable bonds is 4. The van der Waals surface area contributed by atoms with Gasteiger partial charge in [0.05, 0.1) is 17.6 Å². The zero-order chi connectivity index (χ0) is 19.4. The standard InChI is InChI=1S/C19H15F3N2O2S/c1-26-15-4-2-3-13(9-15)11-23-18-24-17(25)16(27-18)10-12-5-7-14(8-6-12)19(20,21)22/h2-10H,11H2,1H3,(H,23,24,25). The van der Waals surface area contributed by atoms with Crippen LogP contribution in [0.5, 0.6) is 5.75 Å². The summed E-state index contributed by atoms with van der Waals surface area (Å²) in [5.74, 6) is 0.308. The summed E-state index contributed by atoms with van der Waals surface area (Å²) in [5, 5.41) is 3.52. The van der Waals surface area contributed by atoms with Crippen LogP contribution in [0, 0.1) is 0 Å². The van der Waals surface area contributed by atoms with Crippen molar-refractivity contribution in [2.24, 2.45) is 4.99 Å². The van der Waals surface area contributed by atoms with E-state index < -0.39 is 17.6 Å². The van der Waals surface area contributed by atoms with E-state index in [1.54, 1.807) is 7.11 Å². The first kappa shape index (κ1) is 19.0. The van der Waals surface area contributed by atoms with Gasteiger partial charge in [-0.1, -0.05) is 24.3 Å². The molecule has 0 atom stereocenters. The second kappa shape index (κ2) is 7.87. The predicted octanol–water partition coefficient (Wildman–Crippen LogP) is 4.47. The lowest BCUT2D eigenvalue weighted by molar-refractivity contribution is -0.137. The highest BCUT2D eigenvalue weighted by Crippen LogP contribution is 2.31. The summed E-state index contributed by atoms with van der Waals surface area (Å²) in [7, 11) is 1.58. The highest BCUT2D eigenvalue weighted by atomic mass is 32.2. The SMILES string of the molecule is COc1cccc(CNC2=NC(=O)C(=Cc3ccc(C(F)(F)F)cc3)S2)c1. The molecule has 0 unspecified atom stereocenters. The van der Waals surface area contributed by atoms with Gasteiger partial charge in [0.2, 0.25) is 0 Å². The van der Waals surface area contributed by atoms with Gasteiger partial charge in [-0.2, -0.15) is 18.2 Å². The van der Waals surface area contributed by atoms with Crippen LogP contribution in [-0.4, -0.2) is 18.2 Å². The molecule has 140 valence electrons. The van der Waals surface area contributed by atoms with Crippen LogP contribution >= 0.6 is 11.8 Å². The molecule has 4 nitrogen and oxygen atoms in total. The molecule has 27 heavy (non-hydrogen) atoms. The van der Waals surface area contributed by atoms with E-state index in [0.29, 0.717) is 22.2 Å². The molecule has 1 amide bonds. The van der Waals surface area contributed by atoms with E-state index in [0.717, 1.165) is 35.2 Å². The normalized spacial score (nSPS) is 15.8. The molecule has 0 radical (unpaired) electrons. The van der Waals surface area contributed by atoms with Crippen molar-refractivity contribution < 1.29 is 22.7 Å². The van der Waals surface area contributed by atoms with Crippen LogP contribution in [0.3, 0.4) is 0 Å². The Bertz CT molecular complexity index is 906. The van der Waals surface area contributed by atoms with Gasteiger partial charge in [0.15, 0.2) is 5.17 Å². The number of carbonyl (C=O) groups excluding carboxylic acids is 1. The summed E-state index contributed by atoms with van der Waals surface area (Å²) in [6, 6.07) is 12.1. The Morgan fingerprint density at radius 1 is 1.19 bits per heavy atom. The van der Waals surface area contributed by atoms with Gasteiger partial charge in [-0.25, -0.2) is 0 Å². The number of ether oxygens (including phenoxy) is 1. The molecular formula is C19H15F3N2O2S. The summed E-state index contributed by atoms with van der Waals surface area (Å²) >= 11 is 1.15. The quantitative estimate of drug-likeness (QED) is 0.780. The molecular weight excluding hydrogens is 377 g/mol. The predicted molar refractivity (Wildman–Crippen MR) is 99.3 cm³/mol. The second-order valence-corrected chi connectivity index (χ2v) is 6.69. The third-order valence-corrected chi connectivity index (χ3v) is 4.68. The van der Waals surface area contributed by atoms with E-state index in [1.807, 2.05) is 24.3 Å². The molecule has 0 fully saturated rings. The minimum atomic E-state index is -4.38. The fourth-order valence-corrected chi connectivity index (χ4v) is 3.17. The number of methoxy groups -OCH3 is 1. The summed E-state index contributed by atoms with van der Waals surface area (Å²) < 4.78 is 43.0. The molecule has 1 heterocycles. The third-order valence-electron chi connectivity index (χ3n) is 3.73. The smallest absolute Gasteiger partial charge is 0.416 e. The van der Waals surface area contributed by atoms with Crippen molar-refractivity contribution in [1.82, 2.24) is 5.32 Å². The number of nitrogens with zero attached hydrogens (tertiary/aromatic N) is 1. The highest BCUT2D eigenvalue weighted by Gasteiger charge is 2.30. The Balaban J connectivity index is 1.63. The Kier molecular flexibility index (Phi) is 5.55. The fourth-order valence-electron chi connectivity index (χ4n) is 2.36. The van der Waals surface area contributed by atoms with E-state index in [4.69, 9.17) is 4.74 Å². The van der Waals surface area contributed by atoms with Crippen LogP contribution in [0.1, 0.15) is 16.7 Å². The molecule has 1 N–H and O–H groups in total. The molecule has 1 aliphatic heterocycles. The van der Waals surface area contributed by atoms with Crippen LogP contribution in [0.25, 0.3) is 6.08 Å². The topological polar surface area (TPSA) is 50.7 Å². The molecule has 8 heteroatoms. The summed E-state index contributed by atoms with van der Waals surface area (Å²) in [4.78, 5) is 16.3. The van der Waals surface area contributed by atoms with Gasteiger partial charge in [0.1, 0.15) is 5.75 Å². The molecule has 0 aliphatic carbocycles. The van der Waals surface area contributed by atoms with Gasteiger partial charge >= 0.3 is 6.18 Å². The average Bonchev–Trinajstić information content (AvgIpc) is 2.99. The van der Waals surface area contributed by atoms with E-state index in [-0.39, 0.29) is 0 Å². The summed E-state index contributed by atoms with van der Waals surface area (Å²) in [6.07, 6.45) is -2.86. The number of amides is 1. The Labute approximate surface area is 158 Å². The van der Waals surface area contributed by atoms with Crippen LogP contribution in [-0.2, 0) is 17.5 Å². The van der Waals surface area contributed by atoms with Crippen molar-refractivity contribution in [2.45, 2.75) is 12.7 Å². The number of carbonyl (C=O) groups is 1. The van der Waals surface area contributed by atoms with Gasteiger partial charge < -0.3 is 10.1 Å². The van der Waals surface area contributed by atoms with Crippen LogP contribution < -0.4 is 10.1 Å². The molecule has 0 aromatic heterocycles. The maximum atomic E-state index is 12.6. The minimum absolute atomic E-state index is 0.350. The number of aliphatic imine (C=N–C) groups is 1. The van der Waals surface area contributed by atoms with Crippen molar-refractivity contribution in [3.8, 4) is 5.75 Å². The number of halogens is 3. The number of hydrogen-bond donors (Lipinski definition) is 1. The Hall–Kier alpha value is -2.74. The molecule has 0 saturated carbocycles. The van der Waals surface area contributed by atoms with E-state index in [1.165, 1.54) is 18.2 Å². The van der Waals surface area contributed by atoms with Gasteiger partial charge in [-0.15, -0.1) is 0 Å². The van der Waals surface area contributed by atoms with Crippen LogP contribution in [0.4, 0.5) is 13.2 Å².